The molecule has 3 rings (SSSR count). The van der Waals surface area contributed by atoms with Crippen molar-refractivity contribution in [2.45, 2.75) is 6.04 Å². The van der Waals surface area contributed by atoms with Gasteiger partial charge in [-0.05, 0) is 29.8 Å². The zero-order chi connectivity index (χ0) is 15.4. The van der Waals surface area contributed by atoms with Gasteiger partial charge in [0.05, 0.1) is 25.3 Å². The van der Waals surface area contributed by atoms with Crippen molar-refractivity contribution in [3.8, 4) is 17.6 Å². The van der Waals surface area contributed by atoms with Gasteiger partial charge in [-0.15, -0.1) is 0 Å². The summed E-state index contributed by atoms with van der Waals surface area (Å²) >= 11 is 0. The van der Waals surface area contributed by atoms with Gasteiger partial charge in [-0.25, -0.2) is 0 Å². The van der Waals surface area contributed by atoms with Crippen LogP contribution in [0.25, 0.3) is 0 Å². The van der Waals surface area contributed by atoms with Gasteiger partial charge in [0.2, 0.25) is 0 Å². The molecule has 2 aromatic carbocycles. The number of nitrogens with two attached hydrogens (primary N) is 1. The minimum absolute atomic E-state index is 0.132. The van der Waals surface area contributed by atoms with E-state index < -0.39 is 0 Å². The fraction of sp³-hybridized carbons (Fsp3) is 0.167. The molecule has 0 fully saturated rings. The first-order valence-corrected chi connectivity index (χ1v) is 7.08. The number of methoxy groups -OCH3 is 1. The smallest absolute Gasteiger partial charge is 0.189 e. The van der Waals surface area contributed by atoms with Crippen molar-refractivity contribution in [3.05, 3.63) is 65.2 Å². The summed E-state index contributed by atoms with van der Waals surface area (Å²) in [6.45, 7) is 0.662. The molecule has 0 spiro atoms. The van der Waals surface area contributed by atoms with E-state index in [0.717, 1.165) is 22.4 Å². The lowest BCUT2D eigenvalue weighted by molar-refractivity contribution is 0.413. The molecule has 1 aliphatic heterocycles. The second-order valence-electron chi connectivity index (χ2n) is 5.00. The molecule has 0 aromatic heterocycles. The third-order valence-electron chi connectivity index (χ3n) is 3.50. The van der Waals surface area contributed by atoms with Crippen LogP contribution in [0, 0.1) is 11.8 Å². The van der Waals surface area contributed by atoms with Crippen molar-refractivity contribution >= 4 is 5.96 Å². The fourth-order valence-electron chi connectivity index (χ4n) is 2.37. The van der Waals surface area contributed by atoms with Crippen molar-refractivity contribution < 1.29 is 4.74 Å². The molecule has 1 atom stereocenters. The number of para-hydroxylation sites is 1. The summed E-state index contributed by atoms with van der Waals surface area (Å²) in [4.78, 5) is 4.17. The Bertz CT molecular complexity index is 771. The second-order valence-corrected chi connectivity index (χ2v) is 5.00. The Morgan fingerprint density at radius 2 is 2.05 bits per heavy atom. The molecule has 2 aromatic rings. The summed E-state index contributed by atoms with van der Waals surface area (Å²) in [5.74, 6) is 7.62. The van der Waals surface area contributed by atoms with Crippen LogP contribution in [0.2, 0.25) is 0 Å². The largest absolute Gasteiger partial charge is 0.495 e. The highest BCUT2D eigenvalue weighted by Gasteiger charge is 2.16. The lowest BCUT2D eigenvalue weighted by Gasteiger charge is -2.10. The van der Waals surface area contributed by atoms with Crippen LogP contribution in [0.3, 0.4) is 0 Å². The third-order valence-corrected chi connectivity index (χ3v) is 3.50. The van der Waals surface area contributed by atoms with E-state index in [-0.39, 0.29) is 6.04 Å². The molecule has 1 unspecified atom stereocenters. The first-order valence-electron chi connectivity index (χ1n) is 7.08. The summed E-state index contributed by atoms with van der Waals surface area (Å²) in [7, 11) is 1.65. The Morgan fingerprint density at radius 1 is 1.18 bits per heavy atom. The van der Waals surface area contributed by atoms with E-state index in [0.29, 0.717) is 12.5 Å². The number of hydrogen-bond acceptors (Lipinski definition) is 4. The van der Waals surface area contributed by atoms with Gasteiger partial charge < -0.3 is 15.8 Å². The van der Waals surface area contributed by atoms with Crippen molar-refractivity contribution in [3.63, 3.8) is 0 Å². The number of rotatable bonds is 2. The van der Waals surface area contributed by atoms with Gasteiger partial charge in [-0.2, -0.15) is 0 Å². The molecule has 3 N–H and O–H groups in total. The molecule has 22 heavy (non-hydrogen) atoms. The molecule has 0 saturated heterocycles. The van der Waals surface area contributed by atoms with E-state index >= 15 is 0 Å². The molecule has 0 aliphatic carbocycles. The van der Waals surface area contributed by atoms with Crippen LogP contribution < -0.4 is 15.8 Å². The number of hydrogen-bond donors (Lipinski definition) is 2. The number of guanidine groups is 1. The van der Waals surface area contributed by atoms with Gasteiger partial charge >= 0.3 is 0 Å². The summed E-state index contributed by atoms with van der Waals surface area (Å²) in [5, 5.41) is 3.15. The molecular weight excluding hydrogens is 274 g/mol. The molecule has 0 saturated carbocycles. The van der Waals surface area contributed by atoms with Gasteiger partial charge in [0.25, 0.3) is 0 Å². The van der Waals surface area contributed by atoms with Crippen molar-refractivity contribution in [2.75, 3.05) is 13.7 Å². The third kappa shape index (κ3) is 3.04. The summed E-state index contributed by atoms with van der Waals surface area (Å²) in [6, 6.07) is 16.0. The molecule has 1 heterocycles. The minimum atomic E-state index is 0.132. The number of ether oxygens (including phenoxy) is 1. The van der Waals surface area contributed by atoms with Gasteiger partial charge in [-0.3, -0.25) is 4.99 Å². The van der Waals surface area contributed by atoms with Crippen molar-refractivity contribution in [2.24, 2.45) is 10.7 Å². The van der Waals surface area contributed by atoms with Gasteiger partial charge in [0.15, 0.2) is 5.96 Å². The number of benzene rings is 2. The molecule has 0 radical (unpaired) electrons. The monoisotopic (exact) mass is 291 g/mol. The maximum atomic E-state index is 5.66. The Morgan fingerprint density at radius 3 is 2.82 bits per heavy atom. The average molecular weight is 291 g/mol. The number of nitrogens with one attached hydrogen (secondary N) is 1. The fourth-order valence-corrected chi connectivity index (χ4v) is 2.37. The van der Waals surface area contributed by atoms with Crippen LogP contribution in [0.5, 0.6) is 5.75 Å². The summed E-state index contributed by atoms with van der Waals surface area (Å²) in [6.07, 6.45) is 0. The maximum Gasteiger partial charge on any atom is 0.189 e. The van der Waals surface area contributed by atoms with Crippen LogP contribution in [0.15, 0.2) is 53.5 Å². The first-order chi connectivity index (χ1) is 10.8. The van der Waals surface area contributed by atoms with E-state index in [4.69, 9.17) is 10.5 Å². The number of aliphatic imine (C=N–C) groups is 1. The lowest BCUT2D eigenvalue weighted by Crippen LogP contribution is -2.29. The topological polar surface area (TPSA) is 59.6 Å². The molecule has 110 valence electrons. The molecule has 0 bridgehead atoms. The predicted molar refractivity (Wildman–Crippen MR) is 87.8 cm³/mol. The van der Waals surface area contributed by atoms with Crippen LogP contribution in [0.4, 0.5) is 0 Å². The molecule has 0 amide bonds. The SMILES string of the molecule is COc1ccccc1C#Cc1cccc(C2CN=C(N)N2)c1. The van der Waals surface area contributed by atoms with Crippen LogP contribution >= 0.6 is 0 Å². The highest BCUT2D eigenvalue weighted by molar-refractivity contribution is 5.80. The quantitative estimate of drug-likeness (QED) is 0.833. The second kappa shape index (κ2) is 6.23. The number of nitrogens with zero attached hydrogens (tertiary/aromatic N) is 1. The highest BCUT2D eigenvalue weighted by Crippen LogP contribution is 2.18. The first kappa shape index (κ1) is 14.0. The summed E-state index contributed by atoms with van der Waals surface area (Å²) < 4.78 is 5.31. The minimum Gasteiger partial charge on any atom is -0.495 e. The van der Waals surface area contributed by atoms with Crippen LogP contribution in [-0.4, -0.2) is 19.6 Å². The zero-order valence-corrected chi connectivity index (χ0v) is 12.3. The predicted octanol–water partition coefficient (Wildman–Crippen LogP) is 2.05. The summed E-state index contributed by atoms with van der Waals surface area (Å²) in [5.41, 5.74) is 8.63. The Labute approximate surface area is 130 Å². The van der Waals surface area contributed by atoms with Crippen molar-refractivity contribution in [1.82, 2.24) is 5.32 Å². The molecule has 1 aliphatic rings. The normalized spacial score (nSPS) is 16.2. The maximum absolute atomic E-state index is 5.66. The van der Waals surface area contributed by atoms with Gasteiger partial charge in [0.1, 0.15) is 5.75 Å². The Hall–Kier alpha value is -2.93. The van der Waals surface area contributed by atoms with E-state index in [1.54, 1.807) is 7.11 Å². The zero-order valence-electron chi connectivity index (χ0n) is 12.3. The Kier molecular flexibility index (Phi) is 3.97. The molecule has 4 nitrogen and oxygen atoms in total. The van der Waals surface area contributed by atoms with Gasteiger partial charge in [-0.1, -0.05) is 36.1 Å². The molecular formula is C18H17N3O. The average Bonchev–Trinajstić information content (AvgIpc) is 3.00. The van der Waals surface area contributed by atoms with E-state index in [9.17, 15) is 0 Å². The highest BCUT2D eigenvalue weighted by atomic mass is 16.5. The van der Waals surface area contributed by atoms with E-state index in [2.05, 4.69) is 34.3 Å². The molecule has 4 heteroatoms. The van der Waals surface area contributed by atoms with E-state index in [1.807, 2.05) is 36.4 Å². The van der Waals surface area contributed by atoms with Crippen molar-refractivity contribution in [1.29, 1.82) is 0 Å². The van der Waals surface area contributed by atoms with E-state index in [1.165, 1.54) is 0 Å². The Balaban J connectivity index is 1.83. The van der Waals surface area contributed by atoms with Gasteiger partial charge in [0, 0.05) is 5.56 Å². The van der Waals surface area contributed by atoms with Crippen LogP contribution in [0.1, 0.15) is 22.7 Å². The van der Waals surface area contributed by atoms with Crippen LogP contribution in [-0.2, 0) is 0 Å². The lowest BCUT2D eigenvalue weighted by atomic mass is 10.0. The standard InChI is InChI=1S/C18H17N3O/c1-22-17-8-3-2-6-14(17)10-9-13-5-4-7-15(11-13)16-12-20-18(19)21-16/h2-8,11,16H,12H2,1H3,(H3,19,20,21).